The van der Waals surface area contributed by atoms with E-state index in [0.717, 1.165) is 15.4 Å². The SMILES string of the molecule is C[C@@H]([C@H](C(=O)OC(C)(C)C)c1c[nH]c2ccc(Br)cc12)[N+](=O)[O-]. The summed E-state index contributed by atoms with van der Waals surface area (Å²) in [7, 11) is 0. The number of aromatic nitrogens is 1. The number of halogens is 1. The van der Waals surface area contributed by atoms with E-state index >= 15 is 0 Å². The van der Waals surface area contributed by atoms with Crippen molar-refractivity contribution in [1.29, 1.82) is 0 Å². The van der Waals surface area contributed by atoms with Crippen molar-refractivity contribution in [3.05, 3.63) is 44.5 Å². The van der Waals surface area contributed by atoms with Gasteiger partial charge in [-0.3, -0.25) is 14.9 Å². The van der Waals surface area contributed by atoms with E-state index in [4.69, 9.17) is 4.74 Å². The Morgan fingerprint density at radius 1 is 1.39 bits per heavy atom. The van der Waals surface area contributed by atoms with Crippen LogP contribution in [0.2, 0.25) is 0 Å². The molecule has 2 aromatic rings. The Labute approximate surface area is 142 Å². The van der Waals surface area contributed by atoms with E-state index in [-0.39, 0.29) is 0 Å². The lowest BCUT2D eigenvalue weighted by atomic mass is 9.92. The summed E-state index contributed by atoms with van der Waals surface area (Å²) >= 11 is 3.39. The number of aromatic amines is 1. The van der Waals surface area contributed by atoms with Crippen LogP contribution >= 0.6 is 15.9 Å². The first-order valence-electron chi connectivity index (χ1n) is 7.23. The summed E-state index contributed by atoms with van der Waals surface area (Å²) in [5, 5.41) is 12.1. The summed E-state index contributed by atoms with van der Waals surface area (Å²) in [5.74, 6) is -1.57. The highest BCUT2D eigenvalue weighted by molar-refractivity contribution is 9.10. The third-order valence-corrected chi connectivity index (χ3v) is 3.98. The first-order valence-corrected chi connectivity index (χ1v) is 8.02. The third kappa shape index (κ3) is 3.90. The lowest BCUT2D eigenvalue weighted by Crippen LogP contribution is -2.35. The van der Waals surface area contributed by atoms with Gasteiger partial charge in [0.2, 0.25) is 6.04 Å². The van der Waals surface area contributed by atoms with Gasteiger partial charge in [0.15, 0.2) is 5.92 Å². The van der Waals surface area contributed by atoms with Gasteiger partial charge in [0, 0.05) is 33.4 Å². The average Bonchev–Trinajstić information content (AvgIpc) is 2.80. The van der Waals surface area contributed by atoms with Crippen LogP contribution in [-0.2, 0) is 9.53 Å². The second-order valence-corrected chi connectivity index (χ2v) is 7.39. The van der Waals surface area contributed by atoms with Crippen LogP contribution in [0.5, 0.6) is 0 Å². The molecule has 0 aliphatic rings. The molecule has 0 aliphatic heterocycles. The van der Waals surface area contributed by atoms with E-state index in [1.54, 1.807) is 27.0 Å². The van der Waals surface area contributed by atoms with E-state index in [2.05, 4.69) is 20.9 Å². The molecule has 2 rings (SSSR count). The first kappa shape index (κ1) is 17.5. The minimum absolute atomic E-state index is 0.453. The van der Waals surface area contributed by atoms with Crippen LogP contribution in [0.4, 0.5) is 0 Å². The number of carbonyl (C=O) groups excluding carboxylic acids is 1. The number of ether oxygens (including phenoxy) is 1. The predicted molar refractivity (Wildman–Crippen MR) is 91.0 cm³/mol. The second kappa shape index (κ2) is 6.31. The van der Waals surface area contributed by atoms with Crippen LogP contribution in [-0.4, -0.2) is 27.5 Å². The molecule has 0 bridgehead atoms. The van der Waals surface area contributed by atoms with Gasteiger partial charge in [-0.05, 0) is 44.5 Å². The molecule has 7 heteroatoms. The van der Waals surface area contributed by atoms with Gasteiger partial charge in [-0.25, -0.2) is 0 Å². The van der Waals surface area contributed by atoms with Gasteiger partial charge in [-0.2, -0.15) is 0 Å². The topological polar surface area (TPSA) is 85.2 Å². The molecule has 124 valence electrons. The second-order valence-electron chi connectivity index (χ2n) is 6.47. The van der Waals surface area contributed by atoms with Gasteiger partial charge < -0.3 is 9.72 Å². The first-order chi connectivity index (χ1) is 10.6. The zero-order chi connectivity index (χ0) is 17.4. The lowest BCUT2D eigenvalue weighted by Gasteiger charge is -2.24. The highest BCUT2D eigenvalue weighted by Gasteiger charge is 2.39. The summed E-state index contributed by atoms with van der Waals surface area (Å²) in [4.78, 5) is 26.5. The van der Waals surface area contributed by atoms with Crippen molar-refractivity contribution in [1.82, 2.24) is 4.98 Å². The van der Waals surface area contributed by atoms with Gasteiger partial charge >= 0.3 is 5.97 Å². The summed E-state index contributed by atoms with van der Waals surface area (Å²) in [6.07, 6.45) is 1.64. The summed E-state index contributed by atoms with van der Waals surface area (Å²) in [5.41, 5.74) is 0.672. The monoisotopic (exact) mass is 382 g/mol. The van der Waals surface area contributed by atoms with Crippen molar-refractivity contribution >= 4 is 32.8 Å². The molecule has 0 amide bonds. The van der Waals surface area contributed by atoms with Crippen LogP contribution in [0.3, 0.4) is 0 Å². The number of benzene rings is 1. The van der Waals surface area contributed by atoms with Crippen molar-refractivity contribution < 1.29 is 14.5 Å². The number of nitrogens with zero attached hydrogens (tertiary/aromatic N) is 1. The van der Waals surface area contributed by atoms with Gasteiger partial charge in [-0.15, -0.1) is 0 Å². The molecule has 1 aromatic heterocycles. The van der Waals surface area contributed by atoms with E-state index in [1.807, 2.05) is 18.2 Å². The number of hydrogen-bond acceptors (Lipinski definition) is 4. The standard InChI is InChI=1S/C16H19BrN2O4/c1-9(19(21)22)14(15(20)23-16(2,3)4)12-8-18-13-6-5-10(17)7-11(12)13/h5-9,14,18H,1-4H3/t9-,14-/m0/s1. The van der Waals surface area contributed by atoms with Crippen molar-refractivity contribution in [2.75, 3.05) is 0 Å². The van der Waals surface area contributed by atoms with E-state index < -0.39 is 28.5 Å². The smallest absolute Gasteiger partial charge is 0.321 e. The molecule has 0 aliphatic carbocycles. The molecule has 0 radical (unpaired) electrons. The Balaban J connectivity index is 2.53. The summed E-state index contributed by atoms with van der Waals surface area (Å²) in [6, 6.07) is 4.46. The Morgan fingerprint density at radius 3 is 2.61 bits per heavy atom. The Bertz CT molecular complexity index is 748. The van der Waals surface area contributed by atoms with Crippen molar-refractivity contribution in [3.63, 3.8) is 0 Å². The van der Waals surface area contributed by atoms with Crippen LogP contribution in [0.15, 0.2) is 28.9 Å². The fourth-order valence-corrected chi connectivity index (χ4v) is 2.80. The van der Waals surface area contributed by atoms with Gasteiger partial charge in [0.25, 0.3) is 0 Å². The quantitative estimate of drug-likeness (QED) is 0.491. The number of nitrogens with one attached hydrogen (secondary N) is 1. The van der Waals surface area contributed by atoms with Crippen molar-refractivity contribution in [2.45, 2.75) is 45.3 Å². The molecule has 2 atom stereocenters. The molecular weight excluding hydrogens is 364 g/mol. The number of nitro groups is 1. The zero-order valence-corrected chi connectivity index (χ0v) is 15.0. The Morgan fingerprint density at radius 2 is 2.04 bits per heavy atom. The molecule has 1 aromatic carbocycles. The molecular formula is C16H19BrN2O4. The lowest BCUT2D eigenvalue weighted by molar-refractivity contribution is -0.520. The number of fused-ring (bicyclic) bond motifs is 1. The summed E-state index contributed by atoms with van der Waals surface area (Å²) in [6.45, 7) is 6.64. The molecule has 0 spiro atoms. The fraction of sp³-hybridized carbons (Fsp3) is 0.438. The Kier molecular flexibility index (Phi) is 4.79. The van der Waals surface area contributed by atoms with E-state index in [9.17, 15) is 14.9 Å². The maximum absolute atomic E-state index is 12.6. The van der Waals surface area contributed by atoms with E-state index in [0.29, 0.717) is 5.56 Å². The third-order valence-electron chi connectivity index (χ3n) is 3.49. The molecule has 0 unspecified atom stereocenters. The van der Waals surface area contributed by atoms with E-state index in [1.165, 1.54) is 6.92 Å². The fourth-order valence-electron chi connectivity index (χ4n) is 2.44. The molecule has 1 heterocycles. The average molecular weight is 383 g/mol. The molecule has 6 nitrogen and oxygen atoms in total. The van der Waals surface area contributed by atoms with Gasteiger partial charge in [-0.1, -0.05) is 15.9 Å². The predicted octanol–water partition coefficient (Wildman–Crippen LogP) is 4.02. The minimum Gasteiger partial charge on any atom is -0.459 e. The van der Waals surface area contributed by atoms with Crippen LogP contribution in [0.25, 0.3) is 10.9 Å². The van der Waals surface area contributed by atoms with Crippen molar-refractivity contribution in [2.24, 2.45) is 0 Å². The molecule has 1 N–H and O–H groups in total. The highest BCUT2D eigenvalue weighted by atomic mass is 79.9. The molecule has 23 heavy (non-hydrogen) atoms. The van der Waals surface area contributed by atoms with Gasteiger partial charge in [0.05, 0.1) is 0 Å². The van der Waals surface area contributed by atoms with Crippen LogP contribution < -0.4 is 0 Å². The number of rotatable bonds is 4. The molecule has 0 fully saturated rings. The normalized spacial score (nSPS) is 14.5. The van der Waals surface area contributed by atoms with Crippen LogP contribution in [0.1, 0.15) is 39.2 Å². The van der Waals surface area contributed by atoms with Gasteiger partial charge in [0.1, 0.15) is 5.60 Å². The number of H-pyrrole nitrogens is 1. The summed E-state index contributed by atoms with van der Waals surface area (Å²) < 4.78 is 6.24. The molecule has 0 saturated heterocycles. The van der Waals surface area contributed by atoms with Crippen LogP contribution in [0, 0.1) is 10.1 Å². The maximum atomic E-state index is 12.6. The number of hydrogen-bond donors (Lipinski definition) is 1. The zero-order valence-electron chi connectivity index (χ0n) is 13.4. The number of carbonyl (C=O) groups is 1. The maximum Gasteiger partial charge on any atom is 0.321 e. The van der Waals surface area contributed by atoms with Crippen molar-refractivity contribution in [3.8, 4) is 0 Å². The largest absolute Gasteiger partial charge is 0.459 e. The number of esters is 1. The Hall–Kier alpha value is -1.89. The minimum atomic E-state index is -1.09. The highest BCUT2D eigenvalue weighted by Crippen LogP contribution is 2.32. The molecule has 0 saturated carbocycles.